The predicted octanol–water partition coefficient (Wildman–Crippen LogP) is 3.16. The molecule has 3 heterocycles. The van der Waals surface area contributed by atoms with Gasteiger partial charge in [0, 0.05) is 23.5 Å². The maximum Gasteiger partial charge on any atom is 0.258 e. The Morgan fingerprint density at radius 2 is 2.10 bits per heavy atom. The summed E-state index contributed by atoms with van der Waals surface area (Å²) in [7, 11) is 0. The van der Waals surface area contributed by atoms with Gasteiger partial charge in [-0.15, -0.1) is 5.10 Å². The Kier molecular flexibility index (Phi) is 5.09. The van der Waals surface area contributed by atoms with E-state index in [0.29, 0.717) is 17.4 Å². The molecule has 0 saturated carbocycles. The molecule has 0 unspecified atom stereocenters. The first-order valence-electron chi connectivity index (χ1n) is 9.53. The number of amides is 1. The van der Waals surface area contributed by atoms with Crippen LogP contribution >= 0.6 is 0 Å². The van der Waals surface area contributed by atoms with E-state index in [2.05, 4.69) is 30.9 Å². The Morgan fingerprint density at radius 1 is 1.23 bits per heavy atom. The summed E-state index contributed by atoms with van der Waals surface area (Å²) in [6.45, 7) is 5.71. The first-order chi connectivity index (χ1) is 14.4. The van der Waals surface area contributed by atoms with Gasteiger partial charge in [0.2, 0.25) is 0 Å². The molecular weight excluding hydrogens is 382 g/mol. The van der Waals surface area contributed by atoms with Gasteiger partial charge in [-0.3, -0.25) is 9.89 Å². The molecule has 3 aromatic heterocycles. The first kappa shape index (κ1) is 19.4. The Bertz CT molecular complexity index is 1160. The van der Waals surface area contributed by atoms with Crippen LogP contribution in [-0.2, 0) is 4.79 Å². The van der Waals surface area contributed by atoms with Crippen LogP contribution < -0.4 is 15.4 Å². The maximum atomic E-state index is 12.0. The zero-order chi connectivity index (χ0) is 21.1. The molecule has 0 fully saturated rings. The first-order valence-corrected chi connectivity index (χ1v) is 9.53. The van der Waals surface area contributed by atoms with Gasteiger partial charge in [-0.25, -0.2) is 9.50 Å². The molecule has 1 amide bonds. The Balaban J connectivity index is 1.58. The number of ether oxygens (including phenoxy) is 1. The summed E-state index contributed by atoms with van der Waals surface area (Å²) >= 11 is 0. The minimum Gasteiger partial charge on any atom is -0.484 e. The molecule has 0 aliphatic rings. The molecule has 0 saturated heterocycles. The summed E-state index contributed by atoms with van der Waals surface area (Å²) in [5.41, 5.74) is 2.10. The molecule has 0 bridgehead atoms. The molecule has 1 aromatic carbocycles. The Hall–Kier alpha value is -3.88. The molecule has 4 aromatic rings. The molecular formula is C21H23N7O2. The van der Waals surface area contributed by atoms with Gasteiger partial charge in [-0.1, -0.05) is 12.1 Å². The monoisotopic (exact) mass is 405 g/mol. The normalized spacial score (nSPS) is 11.4. The molecule has 4 rings (SSSR count). The van der Waals surface area contributed by atoms with Crippen LogP contribution in [0.15, 0.2) is 55.0 Å². The smallest absolute Gasteiger partial charge is 0.258 e. The SMILES string of the molecule is CC(C)(C)NC(=O)COc1cccc(-c2nc(Nc3cn[nH]c3)c3cccn3n2)c1. The van der Waals surface area contributed by atoms with Crippen molar-refractivity contribution < 1.29 is 9.53 Å². The van der Waals surface area contributed by atoms with E-state index in [1.165, 1.54) is 0 Å². The minimum absolute atomic E-state index is 0.0640. The Labute approximate surface area is 173 Å². The quantitative estimate of drug-likeness (QED) is 0.455. The van der Waals surface area contributed by atoms with Crippen molar-refractivity contribution in [3.63, 3.8) is 0 Å². The molecule has 9 heteroatoms. The fraction of sp³-hybridized carbons (Fsp3) is 0.238. The lowest BCUT2D eigenvalue weighted by Crippen LogP contribution is -2.43. The third kappa shape index (κ3) is 4.57. The highest BCUT2D eigenvalue weighted by atomic mass is 16.5. The number of aromatic amines is 1. The highest BCUT2D eigenvalue weighted by Gasteiger charge is 2.15. The summed E-state index contributed by atoms with van der Waals surface area (Å²) in [5, 5.41) is 17.4. The number of anilines is 2. The van der Waals surface area contributed by atoms with E-state index < -0.39 is 0 Å². The van der Waals surface area contributed by atoms with Crippen molar-refractivity contribution in [1.82, 2.24) is 30.1 Å². The van der Waals surface area contributed by atoms with Gasteiger partial charge in [-0.2, -0.15) is 5.10 Å². The van der Waals surface area contributed by atoms with Crippen LogP contribution in [0, 0.1) is 0 Å². The summed E-state index contributed by atoms with van der Waals surface area (Å²) in [5.74, 6) is 1.57. The van der Waals surface area contributed by atoms with Crippen molar-refractivity contribution >= 4 is 22.9 Å². The zero-order valence-electron chi connectivity index (χ0n) is 17.0. The second-order valence-corrected chi connectivity index (χ2v) is 7.85. The van der Waals surface area contributed by atoms with Crippen molar-refractivity contribution in [2.24, 2.45) is 0 Å². The molecule has 0 aliphatic heterocycles. The van der Waals surface area contributed by atoms with E-state index in [9.17, 15) is 4.79 Å². The summed E-state index contributed by atoms with van der Waals surface area (Å²) in [6.07, 6.45) is 5.29. The van der Waals surface area contributed by atoms with Crippen LogP contribution in [0.1, 0.15) is 20.8 Å². The highest BCUT2D eigenvalue weighted by Crippen LogP contribution is 2.25. The van der Waals surface area contributed by atoms with Crippen LogP contribution in [0.5, 0.6) is 5.75 Å². The molecule has 0 aliphatic carbocycles. The summed E-state index contributed by atoms with van der Waals surface area (Å²) < 4.78 is 7.42. The molecule has 30 heavy (non-hydrogen) atoms. The second kappa shape index (κ2) is 7.86. The number of carbonyl (C=O) groups is 1. The molecule has 9 nitrogen and oxygen atoms in total. The van der Waals surface area contributed by atoms with Crippen molar-refractivity contribution in [3.05, 3.63) is 55.0 Å². The lowest BCUT2D eigenvalue weighted by Gasteiger charge is -2.20. The number of hydrogen-bond acceptors (Lipinski definition) is 6. The lowest BCUT2D eigenvalue weighted by molar-refractivity contribution is -0.124. The summed E-state index contributed by atoms with van der Waals surface area (Å²) in [4.78, 5) is 16.7. The number of H-pyrrole nitrogens is 1. The average molecular weight is 405 g/mol. The predicted molar refractivity (Wildman–Crippen MR) is 114 cm³/mol. The van der Waals surface area contributed by atoms with E-state index in [4.69, 9.17) is 4.74 Å². The van der Waals surface area contributed by atoms with Crippen LogP contribution in [-0.4, -0.2) is 42.8 Å². The van der Waals surface area contributed by atoms with E-state index in [-0.39, 0.29) is 18.1 Å². The zero-order valence-corrected chi connectivity index (χ0v) is 17.0. The summed E-state index contributed by atoms with van der Waals surface area (Å²) in [6, 6.07) is 11.2. The van der Waals surface area contributed by atoms with Crippen molar-refractivity contribution in [1.29, 1.82) is 0 Å². The number of nitrogens with zero attached hydrogens (tertiary/aromatic N) is 4. The third-order valence-electron chi connectivity index (χ3n) is 4.13. The Morgan fingerprint density at radius 3 is 2.87 bits per heavy atom. The van der Waals surface area contributed by atoms with Crippen molar-refractivity contribution in [2.45, 2.75) is 26.3 Å². The van der Waals surface area contributed by atoms with Crippen LogP contribution in [0.25, 0.3) is 16.9 Å². The fourth-order valence-electron chi connectivity index (χ4n) is 2.93. The van der Waals surface area contributed by atoms with Gasteiger partial charge in [0.05, 0.1) is 11.9 Å². The van der Waals surface area contributed by atoms with Gasteiger partial charge < -0.3 is 15.4 Å². The number of carbonyl (C=O) groups excluding carboxylic acids is 1. The molecule has 3 N–H and O–H groups in total. The van der Waals surface area contributed by atoms with E-state index in [0.717, 1.165) is 16.8 Å². The van der Waals surface area contributed by atoms with Crippen molar-refractivity contribution in [3.8, 4) is 17.1 Å². The van der Waals surface area contributed by atoms with Gasteiger partial charge in [0.25, 0.3) is 5.91 Å². The number of hydrogen-bond donors (Lipinski definition) is 3. The number of rotatable bonds is 6. The van der Waals surface area contributed by atoms with E-state index in [1.807, 2.05) is 57.3 Å². The molecule has 0 spiro atoms. The third-order valence-corrected chi connectivity index (χ3v) is 4.13. The highest BCUT2D eigenvalue weighted by molar-refractivity contribution is 5.78. The number of benzene rings is 1. The molecule has 0 atom stereocenters. The standard InChI is InChI=1S/C21H23N7O2/c1-21(2,3)26-18(29)13-30-16-7-4-6-14(10-16)19-25-20(24-15-11-22-23-12-15)17-8-5-9-28(17)27-19/h4-12H,13H2,1-3H3,(H,22,23)(H,26,29)(H,24,25,27). The van der Waals surface area contributed by atoms with Gasteiger partial charge in [0.1, 0.15) is 11.3 Å². The van der Waals surface area contributed by atoms with Gasteiger partial charge in [-0.05, 0) is 45.0 Å². The average Bonchev–Trinajstić information content (AvgIpc) is 3.37. The number of nitrogens with one attached hydrogen (secondary N) is 3. The number of fused-ring (bicyclic) bond motifs is 1. The largest absolute Gasteiger partial charge is 0.484 e. The fourth-order valence-corrected chi connectivity index (χ4v) is 2.93. The van der Waals surface area contributed by atoms with Crippen LogP contribution in [0.3, 0.4) is 0 Å². The van der Waals surface area contributed by atoms with Crippen LogP contribution in [0.2, 0.25) is 0 Å². The van der Waals surface area contributed by atoms with E-state index >= 15 is 0 Å². The molecule has 154 valence electrons. The topological polar surface area (TPSA) is 109 Å². The second-order valence-electron chi connectivity index (χ2n) is 7.85. The minimum atomic E-state index is -0.305. The number of aromatic nitrogens is 5. The van der Waals surface area contributed by atoms with Crippen LogP contribution in [0.4, 0.5) is 11.5 Å². The van der Waals surface area contributed by atoms with Gasteiger partial charge >= 0.3 is 0 Å². The van der Waals surface area contributed by atoms with Crippen molar-refractivity contribution in [2.75, 3.05) is 11.9 Å². The lowest BCUT2D eigenvalue weighted by atomic mass is 10.1. The van der Waals surface area contributed by atoms with Gasteiger partial charge in [0.15, 0.2) is 18.2 Å². The van der Waals surface area contributed by atoms with E-state index in [1.54, 1.807) is 23.0 Å². The molecule has 0 radical (unpaired) electrons. The maximum absolute atomic E-state index is 12.0.